The summed E-state index contributed by atoms with van der Waals surface area (Å²) in [6, 6.07) is 74.4. The lowest BCUT2D eigenvalue weighted by atomic mass is 9.82. The van der Waals surface area contributed by atoms with Crippen LogP contribution in [0.1, 0.15) is 43.1 Å². The molecule has 0 unspecified atom stereocenters. The quantitative estimate of drug-likeness (QED) is 0.153. The van der Waals surface area contributed by atoms with Crippen LogP contribution >= 0.6 is 11.3 Å². The zero-order chi connectivity index (χ0) is 43.7. The van der Waals surface area contributed by atoms with E-state index in [1.54, 1.807) is 11.3 Å². The summed E-state index contributed by atoms with van der Waals surface area (Å²) >= 11 is 1.73. The van der Waals surface area contributed by atoms with E-state index in [4.69, 9.17) is 0 Å². The predicted molar refractivity (Wildman–Crippen MR) is 272 cm³/mol. The van der Waals surface area contributed by atoms with Crippen molar-refractivity contribution >= 4 is 77.9 Å². The minimum absolute atomic E-state index is 0.00729. The summed E-state index contributed by atoms with van der Waals surface area (Å²) in [6.07, 6.45) is 8.34. The summed E-state index contributed by atoms with van der Waals surface area (Å²) < 4.78 is 0. The van der Waals surface area contributed by atoms with Crippen LogP contribution in [-0.2, 0) is 9.59 Å². The lowest BCUT2D eigenvalue weighted by Crippen LogP contribution is -2.10. The van der Waals surface area contributed by atoms with Gasteiger partial charge in [0.15, 0.2) is 11.6 Å². The Kier molecular flexibility index (Phi) is 10.4. The SMILES string of the molecule is O=C1C(c2ccccc2)=CC(=C(c2ccc(C(=C3C=C(c4ccccc4)C(=O)C(c4ccccc4)=C3)c3cccc4ccccc34)s2)c2cccc3ccccc23)C=C1c1ccccc1. The number of carbonyl (C=O) groups is 2. The van der Waals surface area contributed by atoms with Crippen LogP contribution in [0.2, 0.25) is 0 Å². The summed E-state index contributed by atoms with van der Waals surface area (Å²) in [5.74, 6) is -0.0146. The van der Waals surface area contributed by atoms with Crippen molar-refractivity contribution in [2.75, 3.05) is 0 Å². The standard InChI is InChI=1S/C62H40O2S/c63-61-53(43-19-5-1-6-20-43)37-47(38-54(61)44-21-7-2-8-22-44)59(51-33-17-29-41-27-13-15-31-49(41)51)57-35-36-58(65-57)60(52-34-18-30-42-28-14-16-32-50(42)52)48-39-55(45-23-9-3-10-24-45)62(64)56(40-48)46-25-11-4-12-26-46/h1-40H. The van der Waals surface area contributed by atoms with E-state index in [-0.39, 0.29) is 11.6 Å². The van der Waals surface area contributed by atoms with Gasteiger partial charge in [-0.05, 0) is 103 Å². The van der Waals surface area contributed by atoms with Crippen molar-refractivity contribution in [1.29, 1.82) is 0 Å². The smallest absolute Gasteiger partial charge is 0.194 e. The van der Waals surface area contributed by atoms with Gasteiger partial charge in [0.25, 0.3) is 0 Å². The summed E-state index contributed by atoms with van der Waals surface area (Å²) in [5.41, 5.74) is 12.2. The van der Waals surface area contributed by atoms with Crippen molar-refractivity contribution in [3.63, 3.8) is 0 Å². The van der Waals surface area contributed by atoms with Crippen molar-refractivity contribution in [1.82, 2.24) is 0 Å². The number of allylic oxidation sites excluding steroid dienone is 10. The van der Waals surface area contributed by atoms with Crippen molar-refractivity contribution in [3.05, 3.63) is 297 Å². The predicted octanol–water partition coefficient (Wildman–Crippen LogP) is 15.2. The second kappa shape index (κ2) is 17.1. The molecule has 11 rings (SSSR count). The van der Waals surface area contributed by atoms with Crippen LogP contribution in [0.4, 0.5) is 0 Å². The summed E-state index contributed by atoms with van der Waals surface area (Å²) in [5, 5.41) is 4.51. The van der Waals surface area contributed by atoms with Gasteiger partial charge in [-0.15, -0.1) is 11.3 Å². The van der Waals surface area contributed by atoms with Crippen LogP contribution in [-0.4, -0.2) is 11.6 Å². The van der Waals surface area contributed by atoms with Crippen LogP contribution in [0, 0.1) is 0 Å². The summed E-state index contributed by atoms with van der Waals surface area (Å²) in [7, 11) is 0. The lowest BCUT2D eigenvalue weighted by molar-refractivity contribution is -0.109. The Hall–Kier alpha value is -8.24. The topological polar surface area (TPSA) is 34.1 Å². The number of Topliss-reactive ketones (excluding diaryl/α,β-unsaturated/α-hetero) is 2. The normalized spacial score (nSPS) is 13.9. The largest absolute Gasteiger partial charge is 0.289 e. The summed E-state index contributed by atoms with van der Waals surface area (Å²) in [6.45, 7) is 0. The Balaban J connectivity index is 1.22. The molecule has 0 spiro atoms. The molecule has 2 nitrogen and oxygen atoms in total. The molecule has 8 aromatic carbocycles. The fraction of sp³-hybridized carbons (Fsp3) is 0. The number of hydrogen-bond acceptors (Lipinski definition) is 3. The average Bonchev–Trinajstić information content (AvgIpc) is 3.85. The van der Waals surface area contributed by atoms with Crippen LogP contribution in [0.15, 0.2) is 254 Å². The molecule has 0 radical (unpaired) electrons. The molecule has 2 aliphatic carbocycles. The highest BCUT2D eigenvalue weighted by Gasteiger charge is 2.28. The third-order valence-electron chi connectivity index (χ3n) is 12.3. The molecule has 0 saturated carbocycles. The van der Waals surface area contributed by atoms with E-state index < -0.39 is 0 Å². The first-order valence-corrected chi connectivity index (χ1v) is 22.6. The van der Waals surface area contributed by atoms with E-state index >= 15 is 0 Å². The van der Waals surface area contributed by atoms with Crippen LogP contribution in [0.5, 0.6) is 0 Å². The molecule has 9 aromatic rings. The molecule has 0 atom stereocenters. The van der Waals surface area contributed by atoms with Crippen LogP contribution in [0.3, 0.4) is 0 Å². The Morgan fingerprint density at radius 2 is 0.585 bits per heavy atom. The highest BCUT2D eigenvalue weighted by Crippen LogP contribution is 2.46. The molecular formula is C62H40O2S. The average molecular weight is 849 g/mol. The minimum Gasteiger partial charge on any atom is -0.289 e. The molecule has 0 amide bonds. The number of thiophene rings is 1. The van der Waals surface area contributed by atoms with E-state index in [1.165, 1.54) is 0 Å². The highest BCUT2D eigenvalue weighted by molar-refractivity contribution is 7.14. The number of carbonyl (C=O) groups excluding carboxylic acids is 2. The van der Waals surface area contributed by atoms with Crippen molar-refractivity contribution in [2.24, 2.45) is 0 Å². The maximum Gasteiger partial charge on any atom is 0.194 e. The first-order valence-electron chi connectivity index (χ1n) is 21.8. The molecule has 0 bridgehead atoms. The second-order valence-electron chi connectivity index (χ2n) is 16.2. The zero-order valence-corrected chi connectivity index (χ0v) is 36.1. The van der Waals surface area contributed by atoms with Gasteiger partial charge in [0, 0.05) is 43.2 Å². The van der Waals surface area contributed by atoms with Gasteiger partial charge in [0.2, 0.25) is 0 Å². The number of ketones is 2. The van der Waals surface area contributed by atoms with Gasteiger partial charge in [-0.3, -0.25) is 9.59 Å². The van der Waals surface area contributed by atoms with Crippen molar-refractivity contribution < 1.29 is 9.59 Å². The molecular weight excluding hydrogens is 809 g/mol. The van der Waals surface area contributed by atoms with Crippen LogP contribution in [0.25, 0.3) is 55.0 Å². The van der Waals surface area contributed by atoms with E-state index in [2.05, 4.69) is 121 Å². The Bertz CT molecular complexity index is 3160. The first-order chi connectivity index (χ1) is 32.1. The van der Waals surface area contributed by atoms with Gasteiger partial charge in [0.1, 0.15) is 0 Å². The molecule has 3 heteroatoms. The minimum atomic E-state index is -0.00729. The van der Waals surface area contributed by atoms with Crippen molar-refractivity contribution in [2.45, 2.75) is 0 Å². The first kappa shape index (κ1) is 39.6. The molecule has 0 saturated heterocycles. The number of benzene rings is 8. The van der Waals surface area contributed by atoms with Crippen LogP contribution < -0.4 is 0 Å². The monoisotopic (exact) mass is 848 g/mol. The number of hydrogen-bond donors (Lipinski definition) is 0. The van der Waals surface area contributed by atoms with E-state index in [1.807, 2.05) is 121 Å². The number of fused-ring (bicyclic) bond motifs is 2. The van der Waals surface area contributed by atoms with Gasteiger partial charge < -0.3 is 0 Å². The highest BCUT2D eigenvalue weighted by atomic mass is 32.1. The summed E-state index contributed by atoms with van der Waals surface area (Å²) in [4.78, 5) is 31.3. The molecule has 0 aliphatic heterocycles. The fourth-order valence-corrected chi connectivity index (χ4v) is 10.4. The maximum absolute atomic E-state index is 14.6. The molecule has 65 heavy (non-hydrogen) atoms. The molecule has 1 aromatic heterocycles. The third kappa shape index (κ3) is 7.48. The fourth-order valence-electron chi connectivity index (χ4n) is 9.23. The Morgan fingerprint density at radius 3 is 0.923 bits per heavy atom. The number of rotatable bonds is 8. The third-order valence-corrected chi connectivity index (χ3v) is 13.4. The van der Waals surface area contributed by atoms with E-state index in [0.29, 0.717) is 22.3 Å². The Labute approximate surface area is 382 Å². The Morgan fingerprint density at radius 1 is 0.292 bits per heavy atom. The molecule has 0 fully saturated rings. The van der Waals surface area contributed by atoms with Gasteiger partial charge in [-0.2, -0.15) is 0 Å². The van der Waals surface area contributed by atoms with E-state index in [0.717, 1.165) is 87.0 Å². The lowest BCUT2D eigenvalue weighted by Gasteiger charge is -2.21. The maximum atomic E-state index is 14.6. The van der Waals surface area contributed by atoms with Gasteiger partial charge in [-0.1, -0.05) is 206 Å². The molecule has 0 N–H and O–H groups in total. The molecule has 306 valence electrons. The second-order valence-corrected chi connectivity index (χ2v) is 17.3. The van der Waals surface area contributed by atoms with Crippen molar-refractivity contribution in [3.8, 4) is 0 Å². The molecule has 2 aliphatic rings. The molecule has 1 heterocycles. The van der Waals surface area contributed by atoms with Gasteiger partial charge in [-0.25, -0.2) is 0 Å². The van der Waals surface area contributed by atoms with Gasteiger partial charge in [0.05, 0.1) is 0 Å². The van der Waals surface area contributed by atoms with Gasteiger partial charge >= 0.3 is 0 Å². The zero-order valence-electron chi connectivity index (χ0n) is 35.3. The van der Waals surface area contributed by atoms with E-state index in [9.17, 15) is 9.59 Å².